The summed E-state index contributed by atoms with van der Waals surface area (Å²) >= 11 is 2.08. The molecule has 2 atom stereocenters. The zero-order valence-electron chi connectivity index (χ0n) is 11.1. The van der Waals surface area contributed by atoms with E-state index in [-0.39, 0.29) is 11.7 Å². The Balaban J connectivity index is 1.87. The maximum atomic E-state index is 12.7. The highest BCUT2D eigenvalue weighted by atomic mass is 32.2. The van der Waals surface area contributed by atoms with Crippen LogP contribution >= 0.6 is 11.8 Å². The lowest BCUT2D eigenvalue weighted by atomic mass is 9.87. The van der Waals surface area contributed by atoms with Crippen LogP contribution in [0.25, 0.3) is 0 Å². The SMILES string of the molecule is Cc1c(C#N)cccc1C(=O)C1CC2CCC(C1)S2. The van der Waals surface area contributed by atoms with Crippen molar-refractivity contribution in [2.24, 2.45) is 5.92 Å². The molecule has 2 fully saturated rings. The van der Waals surface area contributed by atoms with Crippen LogP contribution in [0.5, 0.6) is 0 Å². The van der Waals surface area contributed by atoms with Gasteiger partial charge in [-0.05, 0) is 44.2 Å². The van der Waals surface area contributed by atoms with Gasteiger partial charge in [-0.1, -0.05) is 12.1 Å². The van der Waals surface area contributed by atoms with Crippen molar-refractivity contribution in [3.8, 4) is 6.07 Å². The van der Waals surface area contributed by atoms with Gasteiger partial charge in [0, 0.05) is 22.0 Å². The predicted octanol–water partition coefficient (Wildman–Crippen LogP) is 3.72. The van der Waals surface area contributed by atoms with E-state index >= 15 is 0 Å². The van der Waals surface area contributed by atoms with Crippen molar-refractivity contribution in [3.05, 3.63) is 34.9 Å². The Morgan fingerprint density at radius 2 is 2.00 bits per heavy atom. The largest absolute Gasteiger partial charge is 0.294 e. The molecule has 0 radical (unpaired) electrons. The van der Waals surface area contributed by atoms with Crippen molar-refractivity contribution in [3.63, 3.8) is 0 Å². The third kappa shape index (κ3) is 2.30. The first-order valence-electron chi connectivity index (χ1n) is 6.88. The maximum Gasteiger partial charge on any atom is 0.166 e. The molecule has 2 aliphatic heterocycles. The molecule has 19 heavy (non-hydrogen) atoms. The highest BCUT2D eigenvalue weighted by Crippen LogP contribution is 2.46. The van der Waals surface area contributed by atoms with Crippen LogP contribution in [0, 0.1) is 24.2 Å². The molecule has 0 amide bonds. The molecule has 2 bridgehead atoms. The second-order valence-corrected chi connectivity index (χ2v) is 7.19. The number of Topliss-reactive ketones (excluding diaryl/α,β-unsaturated/α-hetero) is 1. The number of carbonyl (C=O) groups excluding carboxylic acids is 1. The Hall–Kier alpha value is -1.27. The second-order valence-electron chi connectivity index (χ2n) is 5.58. The Kier molecular flexibility index (Phi) is 3.36. The Bertz CT molecular complexity index is 548. The minimum Gasteiger partial charge on any atom is -0.294 e. The summed E-state index contributed by atoms with van der Waals surface area (Å²) in [4.78, 5) is 12.7. The average Bonchev–Trinajstić information content (AvgIpc) is 2.77. The lowest BCUT2D eigenvalue weighted by Crippen LogP contribution is -2.25. The normalized spacial score (nSPS) is 28.9. The van der Waals surface area contributed by atoms with Crippen molar-refractivity contribution in [1.82, 2.24) is 0 Å². The van der Waals surface area contributed by atoms with E-state index in [1.54, 1.807) is 6.07 Å². The standard InChI is InChI=1S/C16H17NOS/c1-10-11(9-17)3-2-4-15(10)16(18)12-7-13-5-6-14(8-12)19-13/h2-4,12-14H,5-8H2,1H3. The Morgan fingerprint density at radius 3 is 2.63 bits per heavy atom. The summed E-state index contributed by atoms with van der Waals surface area (Å²) in [5.74, 6) is 0.429. The molecule has 0 aliphatic carbocycles. The van der Waals surface area contributed by atoms with Crippen LogP contribution in [-0.2, 0) is 0 Å². The number of ketones is 1. The number of nitrogens with zero attached hydrogens (tertiary/aromatic N) is 1. The molecule has 1 aromatic rings. The monoisotopic (exact) mass is 271 g/mol. The molecular weight excluding hydrogens is 254 g/mol. The van der Waals surface area contributed by atoms with Crippen molar-refractivity contribution in [2.45, 2.75) is 43.1 Å². The van der Waals surface area contributed by atoms with E-state index in [0.717, 1.165) is 24.0 Å². The predicted molar refractivity (Wildman–Crippen MR) is 77.3 cm³/mol. The highest BCUT2D eigenvalue weighted by Gasteiger charge is 2.38. The van der Waals surface area contributed by atoms with Gasteiger partial charge in [-0.3, -0.25) is 4.79 Å². The van der Waals surface area contributed by atoms with E-state index in [2.05, 4.69) is 17.8 Å². The van der Waals surface area contributed by atoms with Gasteiger partial charge in [0.05, 0.1) is 11.6 Å². The average molecular weight is 271 g/mol. The zero-order valence-corrected chi connectivity index (χ0v) is 11.9. The molecule has 98 valence electrons. The fraction of sp³-hybridized carbons (Fsp3) is 0.500. The van der Waals surface area contributed by atoms with Gasteiger partial charge in [-0.2, -0.15) is 17.0 Å². The number of thioether (sulfide) groups is 1. The Labute approximate surface area is 118 Å². The molecule has 2 unspecified atom stereocenters. The quantitative estimate of drug-likeness (QED) is 0.770. The summed E-state index contributed by atoms with van der Waals surface area (Å²) in [6.45, 7) is 1.89. The van der Waals surface area contributed by atoms with Crippen molar-refractivity contribution >= 4 is 17.5 Å². The fourth-order valence-electron chi connectivity index (χ4n) is 3.32. The van der Waals surface area contributed by atoms with Gasteiger partial charge in [0.1, 0.15) is 0 Å². The third-order valence-electron chi connectivity index (χ3n) is 4.38. The third-order valence-corrected chi connectivity index (χ3v) is 6.01. The van der Waals surface area contributed by atoms with Gasteiger partial charge in [-0.25, -0.2) is 0 Å². The van der Waals surface area contributed by atoms with Crippen LogP contribution in [-0.4, -0.2) is 16.3 Å². The summed E-state index contributed by atoms with van der Waals surface area (Å²) in [6, 6.07) is 7.65. The molecule has 1 aromatic carbocycles. The van der Waals surface area contributed by atoms with Crippen LogP contribution in [0.15, 0.2) is 18.2 Å². The molecule has 3 heteroatoms. The molecule has 0 aromatic heterocycles. The van der Waals surface area contributed by atoms with Crippen molar-refractivity contribution < 1.29 is 4.79 Å². The first kappa shape index (κ1) is 12.7. The molecule has 2 heterocycles. The Morgan fingerprint density at radius 1 is 1.32 bits per heavy atom. The molecule has 2 nitrogen and oxygen atoms in total. The maximum absolute atomic E-state index is 12.7. The summed E-state index contributed by atoms with van der Waals surface area (Å²) < 4.78 is 0. The van der Waals surface area contributed by atoms with Crippen LogP contribution in [0.3, 0.4) is 0 Å². The lowest BCUT2D eigenvalue weighted by molar-refractivity contribution is 0.0906. The van der Waals surface area contributed by atoms with Crippen molar-refractivity contribution in [1.29, 1.82) is 5.26 Å². The molecule has 2 aliphatic rings. The van der Waals surface area contributed by atoms with E-state index in [4.69, 9.17) is 5.26 Å². The van der Waals surface area contributed by atoms with Crippen LogP contribution in [0.4, 0.5) is 0 Å². The fourth-order valence-corrected chi connectivity index (χ4v) is 5.09. The molecule has 0 N–H and O–H groups in total. The van der Waals surface area contributed by atoms with E-state index < -0.39 is 0 Å². The number of rotatable bonds is 2. The molecule has 3 rings (SSSR count). The first-order chi connectivity index (χ1) is 9.19. The zero-order chi connectivity index (χ0) is 13.4. The van der Waals surface area contributed by atoms with E-state index in [1.807, 2.05) is 19.1 Å². The summed E-state index contributed by atoms with van der Waals surface area (Å²) in [6.07, 6.45) is 4.60. The van der Waals surface area contributed by atoms with E-state index in [1.165, 1.54) is 12.8 Å². The molecule has 0 saturated carbocycles. The second kappa shape index (κ2) is 5.02. The van der Waals surface area contributed by atoms with Gasteiger partial charge in [0.15, 0.2) is 5.78 Å². The molecular formula is C16H17NOS. The van der Waals surface area contributed by atoms with E-state index in [0.29, 0.717) is 16.1 Å². The van der Waals surface area contributed by atoms with Gasteiger partial charge < -0.3 is 0 Å². The highest BCUT2D eigenvalue weighted by molar-refractivity contribution is 8.00. The topological polar surface area (TPSA) is 40.9 Å². The number of nitriles is 1. The van der Waals surface area contributed by atoms with Crippen LogP contribution < -0.4 is 0 Å². The number of carbonyl (C=O) groups is 1. The number of hydrogen-bond donors (Lipinski definition) is 0. The lowest BCUT2D eigenvalue weighted by Gasteiger charge is -2.26. The van der Waals surface area contributed by atoms with Gasteiger partial charge in [-0.15, -0.1) is 0 Å². The van der Waals surface area contributed by atoms with Crippen molar-refractivity contribution in [2.75, 3.05) is 0 Å². The van der Waals surface area contributed by atoms with E-state index in [9.17, 15) is 4.79 Å². The van der Waals surface area contributed by atoms with Gasteiger partial charge >= 0.3 is 0 Å². The number of hydrogen-bond acceptors (Lipinski definition) is 3. The first-order valence-corrected chi connectivity index (χ1v) is 7.82. The summed E-state index contributed by atoms with van der Waals surface area (Å²) in [5, 5.41) is 10.4. The molecule has 0 spiro atoms. The minimum absolute atomic E-state index is 0.173. The summed E-state index contributed by atoms with van der Waals surface area (Å²) in [5.41, 5.74) is 2.23. The minimum atomic E-state index is 0.173. The van der Waals surface area contributed by atoms with Crippen LogP contribution in [0.2, 0.25) is 0 Å². The summed E-state index contributed by atoms with van der Waals surface area (Å²) in [7, 11) is 0. The number of fused-ring (bicyclic) bond motifs is 2. The van der Waals surface area contributed by atoms with Crippen LogP contribution in [0.1, 0.15) is 47.2 Å². The smallest absolute Gasteiger partial charge is 0.166 e. The number of benzene rings is 1. The van der Waals surface area contributed by atoms with Gasteiger partial charge in [0.25, 0.3) is 0 Å². The molecule has 2 saturated heterocycles. The van der Waals surface area contributed by atoms with Gasteiger partial charge in [0.2, 0.25) is 0 Å².